The van der Waals surface area contributed by atoms with E-state index in [1.807, 2.05) is 0 Å². The minimum atomic E-state index is -4.60. The van der Waals surface area contributed by atoms with Crippen molar-refractivity contribution in [2.24, 2.45) is 0 Å². The van der Waals surface area contributed by atoms with E-state index in [-0.39, 0.29) is 63.7 Å². The Labute approximate surface area is 256 Å². The van der Waals surface area contributed by atoms with Crippen LogP contribution in [0.3, 0.4) is 0 Å². The molecule has 3 aromatic rings. The van der Waals surface area contributed by atoms with Gasteiger partial charge in [0.25, 0.3) is 5.56 Å². The number of nitrogens with zero attached hydrogens (tertiary/aromatic N) is 1. The number of aromatic nitrogens is 1. The van der Waals surface area contributed by atoms with Gasteiger partial charge >= 0.3 is 12.1 Å². The highest BCUT2D eigenvalue weighted by atomic mass is 35.5. The van der Waals surface area contributed by atoms with Gasteiger partial charge in [-0.2, -0.15) is 13.2 Å². The summed E-state index contributed by atoms with van der Waals surface area (Å²) in [5.41, 5.74) is 0.0328. The monoisotopic (exact) mass is 637 g/mol. The number of Topliss-reactive ketones (excluding diaryl/α,β-unsaturated/α-hetero) is 1. The van der Waals surface area contributed by atoms with Crippen LogP contribution in [-0.4, -0.2) is 61.1 Å². The van der Waals surface area contributed by atoms with Crippen molar-refractivity contribution >= 4 is 23.4 Å². The third kappa shape index (κ3) is 8.11. The molecule has 0 bridgehead atoms. The van der Waals surface area contributed by atoms with E-state index in [9.17, 15) is 32.7 Å². The molecule has 4 rings (SSSR count). The summed E-state index contributed by atoms with van der Waals surface area (Å²) in [6.07, 6.45) is -1.05. The van der Waals surface area contributed by atoms with E-state index in [1.54, 1.807) is 0 Å². The van der Waals surface area contributed by atoms with E-state index in [2.05, 4.69) is 0 Å². The lowest BCUT2D eigenvalue weighted by atomic mass is 9.94. The fourth-order valence-corrected chi connectivity index (χ4v) is 5.30. The maximum absolute atomic E-state index is 13.8. The largest absolute Gasteiger partial charge is 0.496 e. The second kappa shape index (κ2) is 14.2. The molecule has 236 valence electrons. The summed E-state index contributed by atoms with van der Waals surface area (Å²) in [7, 11) is 2.65. The van der Waals surface area contributed by atoms with Gasteiger partial charge in [0.05, 0.1) is 32.6 Å². The number of carboxylic acids is 1. The number of hydrogen-bond acceptors (Lipinski definition) is 7. The Morgan fingerprint density at radius 2 is 1.77 bits per heavy atom. The van der Waals surface area contributed by atoms with Gasteiger partial charge in [-0.25, -0.2) is 4.79 Å². The highest BCUT2D eigenvalue weighted by molar-refractivity contribution is 6.31. The molecule has 1 aliphatic heterocycles. The van der Waals surface area contributed by atoms with Crippen LogP contribution in [0.15, 0.2) is 53.5 Å². The van der Waals surface area contributed by atoms with Gasteiger partial charge in [-0.1, -0.05) is 17.7 Å². The molecule has 1 fully saturated rings. The lowest BCUT2D eigenvalue weighted by Gasteiger charge is -2.28. The summed E-state index contributed by atoms with van der Waals surface area (Å²) >= 11 is 6.15. The van der Waals surface area contributed by atoms with Crippen molar-refractivity contribution in [3.63, 3.8) is 0 Å². The van der Waals surface area contributed by atoms with E-state index >= 15 is 0 Å². The molecule has 0 amide bonds. The van der Waals surface area contributed by atoms with Crippen molar-refractivity contribution < 1.29 is 46.8 Å². The Morgan fingerprint density at radius 1 is 1.05 bits per heavy atom. The van der Waals surface area contributed by atoms with Crippen molar-refractivity contribution in [2.75, 3.05) is 27.4 Å². The maximum Gasteiger partial charge on any atom is 0.422 e. The van der Waals surface area contributed by atoms with Gasteiger partial charge in [0, 0.05) is 41.7 Å². The van der Waals surface area contributed by atoms with Crippen LogP contribution in [0.4, 0.5) is 13.2 Å². The smallest absolute Gasteiger partial charge is 0.422 e. The molecule has 1 unspecified atom stereocenters. The quantitative estimate of drug-likeness (QED) is 0.252. The van der Waals surface area contributed by atoms with Gasteiger partial charge in [-0.05, 0) is 55.2 Å². The highest BCUT2D eigenvalue weighted by Crippen LogP contribution is 2.39. The lowest BCUT2D eigenvalue weighted by molar-refractivity contribution is -0.153. The first-order valence-electron chi connectivity index (χ1n) is 13.7. The number of methoxy groups -OCH3 is 2. The van der Waals surface area contributed by atoms with Gasteiger partial charge in [0.1, 0.15) is 22.8 Å². The third-order valence-electron chi connectivity index (χ3n) is 7.23. The van der Waals surface area contributed by atoms with Gasteiger partial charge in [-0.15, -0.1) is 0 Å². The zero-order valence-corrected chi connectivity index (χ0v) is 24.7. The molecule has 0 spiro atoms. The second-order valence-corrected chi connectivity index (χ2v) is 10.7. The average Bonchev–Trinajstić information content (AvgIpc) is 2.99. The number of benzene rings is 2. The first-order valence-corrected chi connectivity index (χ1v) is 14.1. The van der Waals surface area contributed by atoms with E-state index in [1.165, 1.54) is 61.4 Å². The molecular formula is C31H31ClF3NO8. The Bertz CT molecular complexity index is 1570. The minimum Gasteiger partial charge on any atom is -0.496 e. The SMILES string of the molecule is COc1cc(CC(=O)C(C[C@@H]2CCCCO2)n2cc(OC)c(-c3cc(Cl)ccc3OCC(F)(F)F)cc2=O)ccc1C(=O)O. The number of hydrogen-bond donors (Lipinski definition) is 1. The summed E-state index contributed by atoms with van der Waals surface area (Å²) in [6, 6.07) is 8.47. The lowest BCUT2D eigenvalue weighted by Crippen LogP contribution is -2.34. The zero-order chi connectivity index (χ0) is 32.0. The zero-order valence-electron chi connectivity index (χ0n) is 24.0. The normalized spacial score (nSPS) is 15.8. The van der Waals surface area contributed by atoms with Gasteiger partial charge in [-0.3, -0.25) is 9.59 Å². The minimum absolute atomic E-state index is 0.0630. The molecular weight excluding hydrogens is 607 g/mol. The van der Waals surface area contributed by atoms with Crippen LogP contribution < -0.4 is 19.8 Å². The van der Waals surface area contributed by atoms with E-state index in [4.69, 9.17) is 30.5 Å². The fraction of sp³-hybridized carbons (Fsp3) is 0.387. The van der Waals surface area contributed by atoms with Crippen LogP contribution >= 0.6 is 11.6 Å². The molecule has 1 aliphatic rings. The first-order chi connectivity index (χ1) is 20.9. The van der Waals surface area contributed by atoms with E-state index in [0.717, 1.165) is 18.9 Å². The van der Waals surface area contributed by atoms with Crippen molar-refractivity contribution in [2.45, 2.75) is 50.4 Å². The molecule has 1 saturated heterocycles. The van der Waals surface area contributed by atoms with Crippen LogP contribution in [-0.2, 0) is 16.0 Å². The number of carboxylic acid groups (broad SMARTS) is 1. The van der Waals surface area contributed by atoms with Crippen molar-refractivity contribution in [1.82, 2.24) is 4.57 Å². The number of pyridine rings is 1. The first kappa shape index (κ1) is 32.9. The Kier molecular flexibility index (Phi) is 10.6. The van der Waals surface area contributed by atoms with Gasteiger partial charge in [0.15, 0.2) is 12.4 Å². The maximum atomic E-state index is 13.8. The molecule has 2 atom stereocenters. The molecule has 2 heterocycles. The number of ketones is 1. The molecule has 44 heavy (non-hydrogen) atoms. The standard InChI is InChI=1S/C31H31ClF3NO8/c1-41-27-12-18(6-8-21(27)30(39)40)11-25(37)24(14-20-5-3-4-10-43-20)36-16-28(42-2)23(15-29(36)38)22-13-19(32)7-9-26(22)44-17-31(33,34)35/h6-9,12-13,15-16,20,24H,3-5,10-11,14,17H2,1-2H3,(H,39,40)/t20-,24?/m0/s1. The molecule has 0 radical (unpaired) electrons. The highest BCUT2D eigenvalue weighted by Gasteiger charge is 2.31. The van der Waals surface area contributed by atoms with Crippen LogP contribution in [0, 0.1) is 0 Å². The molecule has 0 aliphatic carbocycles. The predicted octanol–water partition coefficient (Wildman–Crippen LogP) is 6.14. The van der Waals surface area contributed by atoms with Crippen molar-refractivity contribution in [3.8, 4) is 28.4 Å². The summed E-state index contributed by atoms with van der Waals surface area (Å²) in [4.78, 5) is 39.0. The molecule has 1 N–H and O–H groups in total. The molecule has 9 nitrogen and oxygen atoms in total. The van der Waals surface area contributed by atoms with E-state index in [0.29, 0.717) is 18.6 Å². The Balaban J connectivity index is 1.75. The van der Waals surface area contributed by atoms with Crippen LogP contribution in [0.2, 0.25) is 5.02 Å². The molecule has 1 aromatic heterocycles. The van der Waals surface area contributed by atoms with Crippen LogP contribution in [0.25, 0.3) is 11.1 Å². The third-order valence-corrected chi connectivity index (χ3v) is 7.46. The Hall–Kier alpha value is -4.03. The fourth-order valence-electron chi connectivity index (χ4n) is 5.13. The molecule has 13 heteroatoms. The average molecular weight is 638 g/mol. The van der Waals surface area contributed by atoms with Gasteiger partial charge < -0.3 is 28.6 Å². The Morgan fingerprint density at radius 3 is 2.41 bits per heavy atom. The molecule has 0 saturated carbocycles. The van der Waals surface area contributed by atoms with Crippen molar-refractivity contribution in [1.29, 1.82) is 0 Å². The summed E-state index contributed by atoms with van der Waals surface area (Å²) in [5.74, 6) is -1.51. The summed E-state index contributed by atoms with van der Waals surface area (Å²) in [6.45, 7) is -1.04. The number of carbonyl (C=O) groups is 2. The van der Waals surface area contributed by atoms with Crippen LogP contribution in [0.1, 0.15) is 47.6 Å². The number of halogens is 4. The number of ether oxygens (including phenoxy) is 4. The number of rotatable bonds is 12. The summed E-state index contributed by atoms with van der Waals surface area (Å²) < 4.78 is 61.6. The number of aromatic carboxylic acids is 1. The number of alkyl halides is 3. The predicted molar refractivity (Wildman–Crippen MR) is 155 cm³/mol. The second-order valence-electron chi connectivity index (χ2n) is 10.3. The van der Waals surface area contributed by atoms with Crippen molar-refractivity contribution in [3.05, 3.63) is 75.2 Å². The topological polar surface area (TPSA) is 113 Å². The molecule has 2 aromatic carbocycles. The summed E-state index contributed by atoms with van der Waals surface area (Å²) in [5, 5.41) is 9.59. The van der Waals surface area contributed by atoms with Crippen LogP contribution in [0.5, 0.6) is 17.2 Å². The van der Waals surface area contributed by atoms with E-state index < -0.39 is 30.4 Å². The number of carbonyl (C=O) groups excluding carboxylic acids is 1. The van der Waals surface area contributed by atoms with Gasteiger partial charge in [0.2, 0.25) is 0 Å².